The molecule has 1 fully saturated rings. The van der Waals surface area contributed by atoms with Crippen LogP contribution in [0.1, 0.15) is 12.5 Å². The standard InChI is InChI=1S/C14H20N2O3S/c1-11-10-20(18,19)8-7-16(11)14(17)13(15)9-12-5-3-2-4-6-12/h2-6,11,13H,7-10,15H2,1H3. The Morgan fingerprint density at radius 1 is 1.40 bits per heavy atom. The first-order valence-electron chi connectivity index (χ1n) is 6.69. The Labute approximate surface area is 119 Å². The normalized spacial score (nSPS) is 23.3. The van der Waals surface area contributed by atoms with E-state index in [4.69, 9.17) is 5.73 Å². The van der Waals surface area contributed by atoms with E-state index in [1.165, 1.54) is 0 Å². The van der Waals surface area contributed by atoms with Crippen LogP contribution in [0.3, 0.4) is 0 Å². The highest BCUT2D eigenvalue weighted by atomic mass is 32.2. The molecule has 0 aromatic heterocycles. The van der Waals surface area contributed by atoms with Crippen LogP contribution in [0, 0.1) is 0 Å². The van der Waals surface area contributed by atoms with Crippen molar-refractivity contribution in [1.82, 2.24) is 4.90 Å². The largest absolute Gasteiger partial charge is 0.337 e. The summed E-state index contributed by atoms with van der Waals surface area (Å²) in [5.74, 6) is -0.117. The van der Waals surface area contributed by atoms with Crippen LogP contribution in [0.5, 0.6) is 0 Å². The molecule has 110 valence electrons. The van der Waals surface area contributed by atoms with Gasteiger partial charge < -0.3 is 10.6 Å². The van der Waals surface area contributed by atoms with Gasteiger partial charge in [0.2, 0.25) is 5.91 Å². The number of carbonyl (C=O) groups is 1. The first-order chi connectivity index (χ1) is 9.39. The van der Waals surface area contributed by atoms with Crippen LogP contribution in [0.4, 0.5) is 0 Å². The van der Waals surface area contributed by atoms with Crippen molar-refractivity contribution in [2.45, 2.75) is 25.4 Å². The minimum Gasteiger partial charge on any atom is -0.337 e. The van der Waals surface area contributed by atoms with Gasteiger partial charge in [-0.2, -0.15) is 0 Å². The predicted octanol–water partition coefficient (Wildman–Crippen LogP) is 0.202. The molecule has 1 amide bonds. The lowest BCUT2D eigenvalue weighted by molar-refractivity contribution is -0.134. The molecule has 0 spiro atoms. The van der Waals surface area contributed by atoms with E-state index in [1.807, 2.05) is 30.3 Å². The summed E-state index contributed by atoms with van der Waals surface area (Å²) in [4.78, 5) is 13.9. The molecular weight excluding hydrogens is 276 g/mol. The molecule has 2 atom stereocenters. The van der Waals surface area contributed by atoms with Crippen LogP contribution in [-0.2, 0) is 21.1 Å². The summed E-state index contributed by atoms with van der Waals surface area (Å²) in [7, 11) is -3.02. The predicted molar refractivity (Wildman–Crippen MR) is 78.0 cm³/mol. The Morgan fingerprint density at radius 3 is 2.65 bits per heavy atom. The van der Waals surface area contributed by atoms with Crippen LogP contribution in [0.15, 0.2) is 30.3 Å². The summed E-state index contributed by atoms with van der Waals surface area (Å²) in [6, 6.07) is 8.65. The van der Waals surface area contributed by atoms with Gasteiger partial charge in [-0.3, -0.25) is 4.79 Å². The Morgan fingerprint density at radius 2 is 2.05 bits per heavy atom. The van der Waals surface area contributed by atoms with Crippen molar-refractivity contribution in [1.29, 1.82) is 0 Å². The fraction of sp³-hybridized carbons (Fsp3) is 0.500. The first kappa shape index (κ1) is 15.0. The summed E-state index contributed by atoms with van der Waals surface area (Å²) in [5.41, 5.74) is 6.97. The molecule has 2 N–H and O–H groups in total. The number of benzene rings is 1. The molecule has 0 saturated carbocycles. The molecular formula is C14H20N2O3S. The number of nitrogens with zero attached hydrogens (tertiary/aromatic N) is 1. The fourth-order valence-electron chi connectivity index (χ4n) is 2.49. The quantitative estimate of drug-likeness (QED) is 0.864. The molecule has 0 aliphatic carbocycles. The van der Waals surface area contributed by atoms with Crippen LogP contribution in [0.2, 0.25) is 0 Å². The van der Waals surface area contributed by atoms with E-state index >= 15 is 0 Å². The minimum atomic E-state index is -3.02. The molecule has 1 aliphatic heterocycles. The van der Waals surface area contributed by atoms with Gasteiger partial charge in [0.1, 0.15) is 0 Å². The second kappa shape index (κ2) is 5.93. The van der Waals surface area contributed by atoms with Gasteiger partial charge in [-0.25, -0.2) is 8.42 Å². The number of amides is 1. The highest BCUT2D eigenvalue weighted by molar-refractivity contribution is 7.91. The molecule has 1 aromatic carbocycles. The maximum Gasteiger partial charge on any atom is 0.240 e. The summed E-state index contributed by atoms with van der Waals surface area (Å²) < 4.78 is 23.0. The van der Waals surface area contributed by atoms with Gasteiger partial charge >= 0.3 is 0 Å². The SMILES string of the molecule is CC1CS(=O)(=O)CCN1C(=O)C(N)Cc1ccccc1. The number of hydrogen-bond donors (Lipinski definition) is 1. The molecule has 2 rings (SSSR count). The number of sulfone groups is 1. The average molecular weight is 296 g/mol. The highest BCUT2D eigenvalue weighted by Crippen LogP contribution is 2.13. The van der Waals surface area contributed by atoms with Crippen molar-refractivity contribution in [2.75, 3.05) is 18.1 Å². The lowest BCUT2D eigenvalue weighted by Gasteiger charge is -2.34. The molecule has 5 nitrogen and oxygen atoms in total. The fourth-order valence-corrected chi connectivity index (χ4v) is 4.05. The maximum atomic E-state index is 12.3. The average Bonchev–Trinajstić information content (AvgIpc) is 2.38. The summed E-state index contributed by atoms with van der Waals surface area (Å²) in [6.45, 7) is 1.99. The third-order valence-corrected chi connectivity index (χ3v) is 5.36. The van der Waals surface area contributed by atoms with Crippen molar-refractivity contribution < 1.29 is 13.2 Å². The number of hydrogen-bond acceptors (Lipinski definition) is 4. The van der Waals surface area contributed by atoms with Gasteiger partial charge in [0.25, 0.3) is 0 Å². The molecule has 1 heterocycles. The molecule has 20 heavy (non-hydrogen) atoms. The molecule has 1 aromatic rings. The zero-order chi connectivity index (χ0) is 14.8. The van der Waals surface area contributed by atoms with E-state index in [1.54, 1.807) is 11.8 Å². The number of nitrogens with two attached hydrogens (primary N) is 1. The van der Waals surface area contributed by atoms with Gasteiger partial charge in [-0.1, -0.05) is 30.3 Å². The second-order valence-electron chi connectivity index (χ2n) is 5.29. The minimum absolute atomic E-state index is 0.0246. The molecule has 0 radical (unpaired) electrons. The van der Waals surface area contributed by atoms with Crippen molar-refractivity contribution in [3.05, 3.63) is 35.9 Å². The molecule has 1 aliphatic rings. The van der Waals surface area contributed by atoms with E-state index in [9.17, 15) is 13.2 Å². The topological polar surface area (TPSA) is 80.5 Å². The molecule has 2 unspecified atom stereocenters. The van der Waals surface area contributed by atoms with E-state index in [2.05, 4.69) is 0 Å². The summed E-state index contributed by atoms with van der Waals surface area (Å²) in [5, 5.41) is 0. The van der Waals surface area contributed by atoms with Gasteiger partial charge in [0, 0.05) is 12.6 Å². The van der Waals surface area contributed by atoms with Crippen LogP contribution in [-0.4, -0.2) is 49.4 Å². The van der Waals surface area contributed by atoms with Crippen molar-refractivity contribution in [2.24, 2.45) is 5.73 Å². The highest BCUT2D eigenvalue weighted by Gasteiger charge is 2.33. The van der Waals surface area contributed by atoms with E-state index in [-0.39, 0.29) is 30.0 Å². The molecule has 0 bridgehead atoms. The zero-order valence-corrected chi connectivity index (χ0v) is 12.3. The van der Waals surface area contributed by atoms with E-state index in [0.29, 0.717) is 6.42 Å². The third kappa shape index (κ3) is 3.58. The lowest BCUT2D eigenvalue weighted by Crippen LogP contribution is -2.55. The van der Waals surface area contributed by atoms with Crippen molar-refractivity contribution in [3.8, 4) is 0 Å². The van der Waals surface area contributed by atoms with E-state index in [0.717, 1.165) is 5.56 Å². The molecule has 6 heteroatoms. The van der Waals surface area contributed by atoms with Gasteiger partial charge in [0.05, 0.1) is 17.5 Å². The van der Waals surface area contributed by atoms with Gasteiger partial charge in [-0.15, -0.1) is 0 Å². The second-order valence-corrected chi connectivity index (χ2v) is 7.52. The molecule has 1 saturated heterocycles. The van der Waals surface area contributed by atoms with E-state index < -0.39 is 15.9 Å². The first-order valence-corrected chi connectivity index (χ1v) is 8.51. The van der Waals surface area contributed by atoms with Crippen LogP contribution in [0.25, 0.3) is 0 Å². The Balaban J connectivity index is 2.00. The third-order valence-electron chi connectivity index (χ3n) is 3.57. The maximum absolute atomic E-state index is 12.3. The van der Waals surface area contributed by atoms with Gasteiger partial charge in [-0.05, 0) is 18.9 Å². The monoisotopic (exact) mass is 296 g/mol. The van der Waals surface area contributed by atoms with Gasteiger partial charge in [0.15, 0.2) is 9.84 Å². The van der Waals surface area contributed by atoms with Crippen molar-refractivity contribution in [3.63, 3.8) is 0 Å². The summed E-state index contributed by atoms with van der Waals surface area (Å²) in [6.07, 6.45) is 0.468. The summed E-state index contributed by atoms with van der Waals surface area (Å²) >= 11 is 0. The number of rotatable bonds is 3. The Bertz CT molecular complexity index is 571. The zero-order valence-electron chi connectivity index (χ0n) is 11.5. The Kier molecular flexibility index (Phi) is 4.45. The van der Waals surface area contributed by atoms with Crippen LogP contribution >= 0.6 is 0 Å². The number of carbonyl (C=O) groups excluding carboxylic acids is 1. The van der Waals surface area contributed by atoms with Crippen LogP contribution < -0.4 is 5.73 Å². The Hall–Kier alpha value is -1.40. The van der Waals surface area contributed by atoms with Crippen molar-refractivity contribution >= 4 is 15.7 Å². The smallest absolute Gasteiger partial charge is 0.240 e. The lowest BCUT2D eigenvalue weighted by atomic mass is 10.1.